The molecular weight excluding hydrogens is 248 g/mol. The molecule has 3 nitrogen and oxygen atoms in total. The summed E-state index contributed by atoms with van der Waals surface area (Å²) in [7, 11) is 0. The molecule has 1 unspecified atom stereocenters. The van der Waals surface area contributed by atoms with E-state index in [0.717, 1.165) is 32.0 Å². The summed E-state index contributed by atoms with van der Waals surface area (Å²) in [6.07, 6.45) is 3.67. The number of hydrogen-bond acceptors (Lipinski definition) is 3. The summed E-state index contributed by atoms with van der Waals surface area (Å²) in [5.41, 5.74) is 8.07. The summed E-state index contributed by atoms with van der Waals surface area (Å²) >= 11 is 0. The first-order valence-electron chi connectivity index (χ1n) is 7.71. The predicted octanol–water partition coefficient (Wildman–Crippen LogP) is 2.79. The van der Waals surface area contributed by atoms with E-state index in [1.807, 2.05) is 6.07 Å². The van der Waals surface area contributed by atoms with Gasteiger partial charge in [-0.15, -0.1) is 0 Å². The van der Waals surface area contributed by atoms with E-state index >= 15 is 0 Å². The molecule has 110 valence electrons. The molecule has 1 aliphatic heterocycles. The van der Waals surface area contributed by atoms with Gasteiger partial charge in [0.2, 0.25) is 0 Å². The number of nitrogens with two attached hydrogens (primary N) is 1. The standard InChI is InChI=1S/C17H26N2O/c1-16(2)7-8-17(12-16,13-18)19-9-10-20-15-6-4-3-5-14(15)11-19/h3-6H,7-13,18H2,1-2H3. The van der Waals surface area contributed by atoms with Crippen molar-refractivity contribution in [3.8, 4) is 5.75 Å². The predicted molar refractivity (Wildman–Crippen MR) is 81.8 cm³/mol. The molecule has 1 saturated carbocycles. The Morgan fingerprint density at radius 2 is 2.05 bits per heavy atom. The highest BCUT2D eigenvalue weighted by molar-refractivity contribution is 5.34. The van der Waals surface area contributed by atoms with Crippen LogP contribution in [0.5, 0.6) is 5.75 Å². The molecule has 0 bridgehead atoms. The van der Waals surface area contributed by atoms with Crippen molar-refractivity contribution in [2.24, 2.45) is 11.1 Å². The molecule has 1 heterocycles. The van der Waals surface area contributed by atoms with Crippen molar-refractivity contribution in [2.45, 2.75) is 45.2 Å². The summed E-state index contributed by atoms with van der Waals surface area (Å²) in [6.45, 7) is 8.18. The minimum Gasteiger partial charge on any atom is -0.492 e. The normalized spacial score (nSPS) is 29.6. The maximum atomic E-state index is 6.21. The van der Waals surface area contributed by atoms with E-state index in [-0.39, 0.29) is 5.54 Å². The van der Waals surface area contributed by atoms with Gasteiger partial charge in [0.25, 0.3) is 0 Å². The number of para-hydroxylation sites is 1. The molecule has 3 heteroatoms. The lowest BCUT2D eigenvalue weighted by atomic mass is 9.86. The van der Waals surface area contributed by atoms with Gasteiger partial charge in [-0.3, -0.25) is 4.90 Å². The Kier molecular flexibility index (Phi) is 3.51. The van der Waals surface area contributed by atoms with Gasteiger partial charge in [-0.2, -0.15) is 0 Å². The van der Waals surface area contributed by atoms with E-state index in [1.165, 1.54) is 24.8 Å². The molecule has 0 radical (unpaired) electrons. The molecule has 0 aromatic heterocycles. The first-order valence-corrected chi connectivity index (χ1v) is 7.71. The summed E-state index contributed by atoms with van der Waals surface area (Å²) in [5.74, 6) is 1.04. The SMILES string of the molecule is CC1(C)CCC(CN)(N2CCOc3ccccc3C2)C1. The van der Waals surface area contributed by atoms with Crippen LogP contribution in [0.1, 0.15) is 38.7 Å². The second-order valence-corrected chi connectivity index (χ2v) is 7.15. The monoisotopic (exact) mass is 274 g/mol. The molecule has 2 aliphatic rings. The smallest absolute Gasteiger partial charge is 0.123 e. The van der Waals surface area contributed by atoms with Crippen LogP contribution >= 0.6 is 0 Å². The number of fused-ring (bicyclic) bond motifs is 1. The Morgan fingerprint density at radius 3 is 2.75 bits per heavy atom. The highest BCUT2D eigenvalue weighted by atomic mass is 16.5. The fourth-order valence-electron chi connectivity index (χ4n) is 3.94. The lowest BCUT2D eigenvalue weighted by Gasteiger charge is -2.41. The van der Waals surface area contributed by atoms with E-state index in [4.69, 9.17) is 10.5 Å². The lowest BCUT2D eigenvalue weighted by molar-refractivity contribution is 0.0742. The van der Waals surface area contributed by atoms with Crippen LogP contribution in [0.3, 0.4) is 0 Å². The fraction of sp³-hybridized carbons (Fsp3) is 0.647. The van der Waals surface area contributed by atoms with Crippen molar-refractivity contribution in [2.75, 3.05) is 19.7 Å². The average Bonchev–Trinajstić information content (AvgIpc) is 2.62. The van der Waals surface area contributed by atoms with Crippen molar-refractivity contribution in [3.05, 3.63) is 29.8 Å². The Bertz CT molecular complexity index is 486. The van der Waals surface area contributed by atoms with Crippen LogP contribution < -0.4 is 10.5 Å². The van der Waals surface area contributed by atoms with Crippen LogP contribution in [0.2, 0.25) is 0 Å². The first kappa shape index (κ1) is 13.9. The van der Waals surface area contributed by atoms with Gasteiger partial charge in [0.05, 0.1) is 0 Å². The minimum atomic E-state index is 0.157. The topological polar surface area (TPSA) is 38.5 Å². The quantitative estimate of drug-likeness (QED) is 0.901. The maximum absolute atomic E-state index is 6.21. The molecule has 1 fully saturated rings. The molecule has 0 saturated heterocycles. The van der Waals surface area contributed by atoms with Crippen LogP contribution in [-0.4, -0.2) is 30.1 Å². The van der Waals surface area contributed by atoms with Gasteiger partial charge in [-0.1, -0.05) is 32.0 Å². The average molecular weight is 274 g/mol. The highest BCUT2D eigenvalue weighted by Crippen LogP contribution is 2.47. The van der Waals surface area contributed by atoms with Crippen LogP contribution in [0.25, 0.3) is 0 Å². The van der Waals surface area contributed by atoms with Crippen LogP contribution in [0.4, 0.5) is 0 Å². The Hall–Kier alpha value is -1.06. The number of rotatable bonds is 2. The molecule has 20 heavy (non-hydrogen) atoms. The van der Waals surface area contributed by atoms with E-state index in [9.17, 15) is 0 Å². The van der Waals surface area contributed by atoms with Gasteiger partial charge >= 0.3 is 0 Å². The van der Waals surface area contributed by atoms with E-state index in [2.05, 4.69) is 36.9 Å². The van der Waals surface area contributed by atoms with Gasteiger partial charge in [0.15, 0.2) is 0 Å². The van der Waals surface area contributed by atoms with Gasteiger partial charge < -0.3 is 10.5 Å². The van der Waals surface area contributed by atoms with Gasteiger partial charge in [0.1, 0.15) is 12.4 Å². The summed E-state index contributed by atoms with van der Waals surface area (Å²) < 4.78 is 5.90. The fourth-order valence-corrected chi connectivity index (χ4v) is 3.94. The molecular formula is C17H26N2O. The zero-order chi connectivity index (χ0) is 14.2. The van der Waals surface area contributed by atoms with Gasteiger partial charge in [-0.05, 0) is 30.7 Å². The second kappa shape index (κ2) is 5.05. The molecule has 2 N–H and O–H groups in total. The number of ether oxygens (including phenoxy) is 1. The van der Waals surface area contributed by atoms with Crippen molar-refractivity contribution in [1.82, 2.24) is 4.90 Å². The molecule has 1 aliphatic carbocycles. The molecule has 0 amide bonds. The first-order chi connectivity index (χ1) is 9.55. The molecule has 0 spiro atoms. The van der Waals surface area contributed by atoms with Crippen molar-refractivity contribution >= 4 is 0 Å². The zero-order valence-corrected chi connectivity index (χ0v) is 12.7. The van der Waals surface area contributed by atoms with Crippen molar-refractivity contribution in [1.29, 1.82) is 0 Å². The minimum absolute atomic E-state index is 0.157. The third-order valence-electron chi connectivity index (χ3n) is 5.08. The molecule has 1 atom stereocenters. The Labute approximate surface area is 122 Å². The van der Waals surface area contributed by atoms with Gasteiger partial charge in [-0.25, -0.2) is 0 Å². The van der Waals surface area contributed by atoms with Gasteiger partial charge in [0, 0.05) is 30.7 Å². The Balaban J connectivity index is 1.87. The van der Waals surface area contributed by atoms with E-state index in [1.54, 1.807) is 0 Å². The van der Waals surface area contributed by atoms with Crippen molar-refractivity contribution < 1.29 is 4.74 Å². The van der Waals surface area contributed by atoms with Crippen LogP contribution in [0, 0.1) is 5.41 Å². The second-order valence-electron chi connectivity index (χ2n) is 7.15. The van der Waals surface area contributed by atoms with Crippen LogP contribution in [-0.2, 0) is 6.54 Å². The van der Waals surface area contributed by atoms with Crippen molar-refractivity contribution in [3.63, 3.8) is 0 Å². The summed E-state index contributed by atoms with van der Waals surface area (Å²) in [4.78, 5) is 2.58. The molecule has 3 rings (SSSR count). The van der Waals surface area contributed by atoms with Crippen LogP contribution in [0.15, 0.2) is 24.3 Å². The summed E-state index contributed by atoms with van der Waals surface area (Å²) in [6, 6.07) is 8.40. The maximum Gasteiger partial charge on any atom is 0.123 e. The Morgan fingerprint density at radius 1 is 1.25 bits per heavy atom. The molecule has 1 aromatic carbocycles. The summed E-state index contributed by atoms with van der Waals surface area (Å²) in [5, 5.41) is 0. The molecule has 1 aromatic rings. The zero-order valence-electron chi connectivity index (χ0n) is 12.7. The highest BCUT2D eigenvalue weighted by Gasteiger charge is 2.46. The lowest BCUT2D eigenvalue weighted by Crippen LogP contribution is -2.53. The number of hydrogen-bond donors (Lipinski definition) is 1. The third kappa shape index (κ3) is 2.45. The van der Waals surface area contributed by atoms with E-state index < -0.39 is 0 Å². The largest absolute Gasteiger partial charge is 0.492 e. The van der Waals surface area contributed by atoms with E-state index in [0.29, 0.717) is 5.41 Å². The third-order valence-corrected chi connectivity index (χ3v) is 5.08. The number of nitrogens with zero attached hydrogens (tertiary/aromatic N) is 1. The number of benzene rings is 1.